The molecule has 0 saturated heterocycles. The standard InChI is InChI=1S/C11H4F2N2O3/c12-7-2-8(13)6(1-5(7)4-14)10-3-9(11(16)17)15-18-10/h1-3H,(H,16,17). The van der Waals surface area contributed by atoms with E-state index in [1.54, 1.807) is 6.07 Å². The number of nitriles is 1. The summed E-state index contributed by atoms with van der Waals surface area (Å²) in [6.45, 7) is 0. The summed E-state index contributed by atoms with van der Waals surface area (Å²) in [5, 5.41) is 20.4. The molecule has 0 fully saturated rings. The van der Waals surface area contributed by atoms with Crippen LogP contribution >= 0.6 is 0 Å². The van der Waals surface area contributed by atoms with Crippen LogP contribution in [0.1, 0.15) is 16.1 Å². The van der Waals surface area contributed by atoms with E-state index in [1.165, 1.54) is 0 Å². The van der Waals surface area contributed by atoms with Gasteiger partial charge in [0, 0.05) is 12.1 Å². The van der Waals surface area contributed by atoms with Gasteiger partial charge < -0.3 is 9.63 Å². The van der Waals surface area contributed by atoms with Crippen LogP contribution in [-0.2, 0) is 0 Å². The van der Waals surface area contributed by atoms with Gasteiger partial charge in [0.05, 0.1) is 11.1 Å². The number of carbonyl (C=O) groups is 1. The molecule has 0 saturated carbocycles. The van der Waals surface area contributed by atoms with Crippen LogP contribution in [0, 0.1) is 23.0 Å². The van der Waals surface area contributed by atoms with Gasteiger partial charge in [-0.05, 0) is 6.07 Å². The molecule has 0 spiro atoms. The van der Waals surface area contributed by atoms with Crippen LogP contribution in [0.3, 0.4) is 0 Å². The summed E-state index contributed by atoms with van der Waals surface area (Å²) < 4.78 is 31.2. The second-order valence-electron chi connectivity index (χ2n) is 3.31. The fourth-order valence-corrected chi connectivity index (χ4v) is 1.33. The molecule has 7 heteroatoms. The third-order valence-electron chi connectivity index (χ3n) is 2.17. The van der Waals surface area contributed by atoms with Crippen LogP contribution < -0.4 is 0 Å². The summed E-state index contributed by atoms with van der Waals surface area (Å²) in [6, 6.07) is 3.98. The molecule has 0 bridgehead atoms. The zero-order valence-electron chi connectivity index (χ0n) is 8.65. The van der Waals surface area contributed by atoms with E-state index in [-0.39, 0.29) is 16.9 Å². The molecule has 0 unspecified atom stereocenters. The average Bonchev–Trinajstić information content (AvgIpc) is 2.78. The lowest BCUT2D eigenvalue weighted by Gasteiger charge is -2.00. The molecule has 1 heterocycles. The molecule has 90 valence electrons. The lowest BCUT2D eigenvalue weighted by molar-refractivity contribution is 0.0686. The number of carboxylic acid groups (broad SMARTS) is 1. The fourth-order valence-electron chi connectivity index (χ4n) is 1.33. The van der Waals surface area contributed by atoms with Crippen LogP contribution in [0.25, 0.3) is 11.3 Å². The van der Waals surface area contributed by atoms with Crippen molar-refractivity contribution in [3.8, 4) is 17.4 Å². The molecular formula is C11H4F2N2O3. The highest BCUT2D eigenvalue weighted by atomic mass is 19.1. The lowest BCUT2D eigenvalue weighted by Crippen LogP contribution is -1.94. The molecule has 0 aliphatic carbocycles. The van der Waals surface area contributed by atoms with Crippen molar-refractivity contribution >= 4 is 5.97 Å². The smallest absolute Gasteiger partial charge is 0.358 e. The lowest BCUT2D eigenvalue weighted by atomic mass is 10.1. The van der Waals surface area contributed by atoms with Crippen molar-refractivity contribution in [1.29, 1.82) is 5.26 Å². The summed E-state index contributed by atoms with van der Waals surface area (Å²) in [5.74, 6) is -3.51. The van der Waals surface area contributed by atoms with Crippen LogP contribution in [0.5, 0.6) is 0 Å². The zero-order chi connectivity index (χ0) is 13.3. The summed E-state index contributed by atoms with van der Waals surface area (Å²) in [5.41, 5.74) is -1.01. The van der Waals surface area contributed by atoms with Crippen LogP contribution in [0.4, 0.5) is 8.78 Å². The Kier molecular flexibility index (Phi) is 2.77. The minimum absolute atomic E-state index is 0.193. The monoisotopic (exact) mass is 250 g/mol. The third kappa shape index (κ3) is 1.91. The number of benzene rings is 1. The molecule has 2 rings (SSSR count). The van der Waals surface area contributed by atoms with Gasteiger partial charge in [-0.3, -0.25) is 0 Å². The van der Waals surface area contributed by atoms with Gasteiger partial charge in [0.15, 0.2) is 11.5 Å². The van der Waals surface area contributed by atoms with Crippen LogP contribution in [0.2, 0.25) is 0 Å². The Hall–Kier alpha value is -2.75. The van der Waals surface area contributed by atoms with E-state index in [0.717, 1.165) is 12.1 Å². The number of nitrogens with zero attached hydrogens (tertiary/aromatic N) is 2. The van der Waals surface area contributed by atoms with E-state index in [4.69, 9.17) is 10.4 Å². The summed E-state index contributed by atoms with van der Waals surface area (Å²) >= 11 is 0. The number of rotatable bonds is 2. The van der Waals surface area contributed by atoms with Gasteiger partial charge >= 0.3 is 5.97 Å². The molecule has 0 radical (unpaired) electrons. The number of hydrogen-bond acceptors (Lipinski definition) is 4. The molecule has 0 atom stereocenters. The van der Waals surface area contributed by atoms with Gasteiger partial charge in [0.25, 0.3) is 0 Å². The van der Waals surface area contributed by atoms with Crippen molar-refractivity contribution in [3.63, 3.8) is 0 Å². The van der Waals surface area contributed by atoms with Crippen LogP contribution in [-0.4, -0.2) is 16.2 Å². The molecule has 1 aromatic carbocycles. The quantitative estimate of drug-likeness (QED) is 0.882. The molecule has 0 aliphatic rings. The summed E-state index contributed by atoms with van der Waals surface area (Å²) in [4.78, 5) is 10.6. The first-order valence-corrected chi connectivity index (χ1v) is 4.62. The first kappa shape index (κ1) is 11.7. The zero-order valence-corrected chi connectivity index (χ0v) is 8.65. The number of aromatic nitrogens is 1. The largest absolute Gasteiger partial charge is 0.476 e. The predicted octanol–water partition coefficient (Wildman–Crippen LogP) is 2.19. The normalized spacial score (nSPS) is 10.1. The van der Waals surface area contributed by atoms with Crippen molar-refractivity contribution in [2.24, 2.45) is 0 Å². The number of aromatic carboxylic acids is 1. The first-order valence-electron chi connectivity index (χ1n) is 4.62. The Labute approximate surface area is 98.9 Å². The Morgan fingerprint density at radius 2 is 2.06 bits per heavy atom. The van der Waals surface area contributed by atoms with Gasteiger partial charge in [0.1, 0.15) is 17.7 Å². The molecule has 2 aromatic rings. The molecule has 0 aliphatic heterocycles. The van der Waals surface area contributed by atoms with Crippen molar-refractivity contribution < 1.29 is 23.2 Å². The van der Waals surface area contributed by atoms with E-state index < -0.39 is 23.3 Å². The minimum Gasteiger partial charge on any atom is -0.476 e. The van der Waals surface area contributed by atoms with Crippen molar-refractivity contribution in [3.05, 3.63) is 41.1 Å². The van der Waals surface area contributed by atoms with Crippen molar-refractivity contribution in [2.45, 2.75) is 0 Å². The molecular weight excluding hydrogens is 246 g/mol. The second-order valence-corrected chi connectivity index (χ2v) is 3.31. The molecule has 5 nitrogen and oxygen atoms in total. The summed E-state index contributed by atoms with van der Waals surface area (Å²) in [6.07, 6.45) is 0. The Morgan fingerprint density at radius 1 is 1.33 bits per heavy atom. The van der Waals surface area contributed by atoms with E-state index in [9.17, 15) is 13.6 Å². The number of carboxylic acids is 1. The van der Waals surface area contributed by atoms with Crippen molar-refractivity contribution in [1.82, 2.24) is 5.16 Å². The molecule has 1 aromatic heterocycles. The van der Waals surface area contributed by atoms with E-state index in [2.05, 4.69) is 9.68 Å². The Morgan fingerprint density at radius 3 is 2.61 bits per heavy atom. The third-order valence-corrected chi connectivity index (χ3v) is 2.17. The van der Waals surface area contributed by atoms with Crippen molar-refractivity contribution in [2.75, 3.05) is 0 Å². The number of hydrogen-bond donors (Lipinski definition) is 1. The predicted molar refractivity (Wildman–Crippen MR) is 53.5 cm³/mol. The maximum atomic E-state index is 13.5. The fraction of sp³-hybridized carbons (Fsp3) is 0. The SMILES string of the molecule is N#Cc1cc(-c2cc(C(=O)O)no2)c(F)cc1F. The summed E-state index contributed by atoms with van der Waals surface area (Å²) in [7, 11) is 0. The highest BCUT2D eigenvalue weighted by molar-refractivity contribution is 5.86. The Balaban J connectivity index is 2.56. The topological polar surface area (TPSA) is 87.1 Å². The first-order chi connectivity index (χ1) is 8.52. The van der Waals surface area contributed by atoms with Gasteiger partial charge in [-0.25, -0.2) is 13.6 Å². The highest BCUT2D eigenvalue weighted by Gasteiger charge is 2.17. The van der Waals surface area contributed by atoms with Gasteiger partial charge in [-0.2, -0.15) is 5.26 Å². The van der Waals surface area contributed by atoms with Gasteiger partial charge in [0.2, 0.25) is 0 Å². The molecule has 1 N–H and O–H groups in total. The molecule has 0 amide bonds. The van der Waals surface area contributed by atoms with Gasteiger partial charge in [-0.1, -0.05) is 5.16 Å². The molecule has 18 heavy (non-hydrogen) atoms. The minimum atomic E-state index is -1.34. The van der Waals surface area contributed by atoms with E-state index >= 15 is 0 Å². The maximum absolute atomic E-state index is 13.5. The van der Waals surface area contributed by atoms with Crippen LogP contribution in [0.15, 0.2) is 22.7 Å². The van der Waals surface area contributed by atoms with E-state index in [1.807, 2.05) is 0 Å². The highest BCUT2D eigenvalue weighted by Crippen LogP contribution is 2.26. The average molecular weight is 250 g/mol. The van der Waals surface area contributed by atoms with Gasteiger partial charge in [-0.15, -0.1) is 0 Å². The van der Waals surface area contributed by atoms with E-state index in [0.29, 0.717) is 6.07 Å². The Bertz CT molecular complexity index is 673. The maximum Gasteiger partial charge on any atom is 0.358 e. The number of halogens is 2. The second kappa shape index (κ2) is 4.25.